The second-order valence-electron chi connectivity index (χ2n) is 5.46. The monoisotopic (exact) mass is 373 g/mol. The zero-order valence-corrected chi connectivity index (χ0v) is 14.5. The molecule has 0 aliphatic heterocycles. The molecule has 4 nitrogen and oxygen atoms in total. The lowest BCUT2D eigenvalue weighted by Crippen LogP contribution is -2.28. The van der Waals surface area contributed by atoms with Gasteiger partial charge >= 0.3 is 6.18 Å². The number of hydrogen-bond donors (Lipinski definition) is 1. The molecule has 0 bridgehead atoms. The molecule has 8 heteroatoms. The van der Waals surface area contributed by atoms with Crippen molar-refractivity contribution < 1.29 is 26.3 Å². The van der Waals surface area contributed by atoms with Crippen molar-refractivity contribution in [2.45, 2.75) is 24.4 Å². The third-order valence-corrected chi connectivity index (χ3v) is 5.12. The average molecular weight is 373 g/mol. The first-order chi connectivity index (χ1) is 11.6. The highest BCUT2D eigenvalue weighted by Crippen LogP contribution is 2.33. The molecule has 136 valence electrons. The van der Waals surface area contributed by atoms with Crippen molar-refractivity contribution in [3.63, 3.8) is 0 Å². The smallest absolute Gasteiger partial charge is 0.417 e. The summed E-state index contributed by atoms with van der Waals surface area (Å²) in [5.74, 6) is 0.598. The number of hydrogen-bond acceptors (Lipinski definition) is 3. The lowest BCUT2D eigenvalue weighted by atomic mass is 10.1. The van der Waals surface area contributed by atoms with Crippen LogP contribution in [-0.2, 0) is 22.6 Å². The molecule has 0 saturated heterocycles. The van der Waals surface area contributed by atoms with Crippen molar-refractivity contribution in [2.24, 2.45) is 0 Å². The molecule has 2 rings (SSSR count). The Morgan fingerprint density at radius 1 is 1.12 bits per heavy atom. The van der Waals surface area contributed by atoms with E-state index in [0.717, 1.165) is 29.3 Å². The lowest BCUT2D eigenvalue weighted by Gasteiger charge is -2.14. The average Bonchev–Trinajstić information content (AvgIpc) is 2.54. The molecule has 0 radical (unpaired) electrons. The molecule has 2 aromatic carbocycles. The summed E-state index contributed by atoms with van der Waals surface area (Å²) in [6.07, 6.45) is -4.45. The van der Waals surface area contributed by atoms with Crippen molar-refractivity contribution >= 4 is 10.0 Å². The molecule has 0 atom stereocenters. The number of ether oxygens (including phenoxy) is 1. The molecular formula is C17H18F3NO3S. The van der Waals surface area contributed by atoms with Gasteiger partial charge in [0.1, 0.15) is 5.75 Å². The highest BCUT2D eigenvalue weighted by atomic mass is 32.2. The number of alkyl halides is 3. The molecule has 0 amide bonds. The third kappa shape index (κ3) is 4.73. The van der Waals surface area contributed by atoms with Gasteiger partial charge in [-0.05, 0) is 37.1 Å². The third-order valence-electron chi connectivity index (χ3n) is 3.60. The minimum Gasteiger partial charge on any atom is -0.496 e. The SMILES string of the molecule is COc1ccc(C)cc1CCNS(=O)(=O)c1ccccc1C(F)(F)F. The van der Waals surface area contributed by atoms with E-state index in [1.54, 1.807) is 6.07 Å². The summed E-state index contributed by atoms with van der Waals surface area (Å²) in [6.45, 7) is 1.83. The maximum Gasteiger partial charge on any atom is 0.417 e. The van der Waals surface area contributed by atoms with Gasteiger partial charge in [0.15, 0.2) is 0 Å². The van der Waals surface area contributed by atoms with Gasteiger partial charge in [-0.25, -0.2) is 13.1 Å². The molecule has 0 aliphatic rings. The number of aryl methyl sites for hydroxylation is 1. The zero-order chi connectivity index (χ0) is 18.7. The Bertz CT molecular complexity index is 848. The number of benzene rings is 2. The van der Waals surface area contributed by atoms with E-state index >= 15 is 0 Å². The molecule has 0 unspecified atom stereocenters. The van der Waals surface area contributed by atoms with Gasteiger partial charge in [0.2, 0.25) is 10.0 Å². The minimum absolute atomic E-state index is 0.0473. The van der Waals surface area contributed by atoms with E-state index < -0.39 is 26.7 Å². The van der Waals surface area contributed by atoms with E-state index in [9.17, 15) is 21.6 Å². The van der Waals surface area contributed by atoms with Gasteiger partial charge in [-0.1, -0.05) is 29.8 Å². The normalized spacial score (nSPS) is 12.2. The van der Waals surface area contributed by atoms with Gasteiger partial charge in [0.05, 0.1) is 17.6 Å². The van der Waals surface area contributed by atoms with Crippen molar-refractivity contribution in [1.82, 2.24) is 4.72 Å². The first kappa shape index (κ1) is 19.3. The van der Waals surface area contributed by atoms with Crippen LogP contribution < -0.4 is 9.46 Å². The second kappa shape index (κ2) is 7.45. The summed E-state index contributed by atoms with van der Waals surface area (Å²) in [5.41, 5.74) is 0.561. The van der Waals surface area contributed by atoms with Crippen molar-refractivity contribution in [3.8, 4) is 5.75 Å². The quantitative estimate of drug-likeness (QED) is 0.843. The minimum atomic E-state index is -4.74. The fourth-order valence-corrected chi connectivity index (χ4v) is 3.69. The maximum absolute atomic E-state index is 13.0. The summed E-state index contributed by atoms with van der Waals surface area (Å²) in [7, 11) is -2.79. The van der Waals surface area contributed by atoms with Gasteiger partial charge in [-0.3, -0.25) is 0 Å². The Kier molecular flexibility index (Phi) is 5.74. The number of halogens is 3. The molecule has 25 heavy (non-hydrogen) atoms. The zero-order valence-electron chi connectivity index (χ0n) is 13.7. The van der Waals surface area contributed by atoms with E-state index in [2.05, 4.69) is 4.72 Å². The predicted octanol–water partition coefficient (Wildman–Crippen LogP) is 3.54. The van der Waals surface area contributed by atoms with E-state index in [-0.39, 0.29) is 13.0 Å². The van der Waals surface area contributed by atoms with Crippen LogP contribution in [0.4, 0.5) is 13.2 Å². The summed E-state index contributed by atoms with van der Waals surface area (Å²) in [5, 5.41) is 0. The van der Waals surface area contributed by atoms with E-state index in [4.69, 9.17) is 4.74 Å². The predicted molar refractivity (Wildman–Crippen MR) is 88.1 cm³/mol. The van der Waals surface area contributed by atoms with Gasteiger partial charge in [-0.15, -0.1) is 0 Å². The Hall–Kier alpha value is -2.06. The van der Waals surface area contributed by atoms with E-state index in [0.29, 0.717) is 5.75 Å². The number of sulfonamides is 1. The molecule has 0 fully saturated rings. The van der Waals surface area contributed by atoms with Crippen molar-refractivity contribution in [2.75, 3.05) is 13.7 Å². The molecule has 0 aliphatic carbocycles. The molecular weight excluding hydrogens is 355 g/mol. The Balaban J connectivity index is 2.18. The van der Waals surface area contributed by atoms with Gasteiger partial charge in [0, 0.05) is 6.54 Å². The molecule has 1 N–H and O–H groups in total. The Labute approximate surface area is 144 Å². The Morgan fingerprint density at radius 2 is 1.80 bits per heavy atom. The first-order valence-electron chi connectivity index (χ1n) is 7.44. The summed E-state index contributed by atoms with van der Waals surface area (Å²) >= 11 is 0. The number of methoxy groups -OCH3 is 1. The largest absolute Gasteiger partial charge is 0.496 e. The van der Waals surface area contributed by atoms with Crippen LogP contribution >= 0.6 is 0 Å². The molecule has 0 heterocycles. The highest BCUT2D eigenvalue weighted by molar-refractivity contribution is 7.89. The van der Waals surface area contributed by atoms with Gasteiger partial charge in [0.25, 0.3) is 0 Å². The first-order valence-corrected chi connectivity index (χ1v) is 8.93. The molecule has 0 saturated carbocycles. The van der Waals surface area contributed by atoms with Crippen LogP contribution in [0.15, 0.2) is 47.4 Å². The van der Waals surface area contributed by atoms with Crippen LogP contribution in [0.5, 0.6) is 5.75 Å². The van der Waals surface area contributed by atoms with Crippen LogP contribution in [0.1, 0.15) is 16.7 Å². The second-order valence-corrected chi connectivity index (χ2v) is 7.19. The van der Waals surface area contributed by atoms with Crippen molar-refractivity contribution in [3.05, 3.63) is 59.2 Å². The van der Waals surface area contributed by atoms with Crippen LogP contribution in [0.2, 0.25) is 0 Å². The van der Waals surface area contributed by atoms with E-state index in [1.165, 1.54) is 13.2 Å². The van der Waals surface area contributed by atoms with Crippen LogP contribution in [-0.4, -0.2) is 22.1 Å². The summed E-state index contributed by atoms with van der Waals surface area (Å²) in [4.78, 5) is -0.779. The topological polar surface area (TPSA) is 55.4 Å². The van der Waals surface area contributed by atoms with Crippen molar-refractivity contribution in [1.29, 1.82) is 0 Å². The summed E-state index contributed by atoms with van der Waals surface area (Å²) < 4.78 is 71.0. The maximum atomic E-state index is 13.0. The van der Waals surface area contributed by atoms with Gasteiger partial charge < -0.3 is 4.74 Å². The van der Waals surface area contributed by atoms with E-state index in [1.807, 2.05) is 19.1 Å². The van der Waals surface area contributed by atoms with Crippen LogP contribution in [0.3, 0.4) is 0 Å². The number of nitrogens with one attached hydrogen (secondary N) is 1. The standard InChI is InChI=1S/C17H18F3NO3S/c1-12-7-8-15(24-2)13(11-12)9-10-21-25(22,23)16-6-4-3-5-14(16)17(18,19)20/h3-8,11,21H,9-10H2,1-2H3. The number of rotatable bonds is 6. The lowest BCUT2D eigenvalue weighted by molar-refractivity contribution is -0.139. The summed E-state index contributed by atoms with van der Waals surface area (Å²) in [6, 6.07) is 9.56. The molecule has 2 aromatic rings. The molecule has 0 aromatic heterocycles. The van der Waals surface area contributed by atoms with Crippen LogP contribution in [0.25, 0.3) is 0 Å². The van der Waals surface area contributed by atoms with Crippen LogP contribution in [0, 0.1) is 6.92 Å². The highest BCUT2D eigenvalue weighted by Gasteiger charge is 2.36. The fraction of sp³-hybridized carbons (Fsp3) is 0.294. The fourth-order valence-electron chi connectivity index (χ4n) is 2.44. The van der Waals surface area contributed by atoms with Gasteiger partial charge in [-0.2, -0.15) is 13.2 Å². The molecule has 0 spiro atoms. The Morgan fingerprint density at radius 3 is 2.44 bits per heavy atom.